The van der Waals surface area contributed by atoms with Gasteiger partial charge < -0.3 is 10.1 Å². The molecule has 6 heteroatoms. The number of nitrogens with one attached hydrogen (secondary N) is 1. The van der Waals surface area contributed by atoms with E-state index in [1.54, 1.807) is 24.4 Å². The van der Waals surface area contributed by atoms with Gasteiger partial charge in [-0.15, -0.1) is 5.10 Å². The van der Waals surface area contributed by atoms with Gasteiger partial charge in [0.25, 0.3) is 0 Å². The second-order valence-electron chi connectivity index (χ2n) is 5.70. The second kappa shape index (κ2) is 7.19. The Hall–Kier alpha value is -2.47. The Bertz CT molecular complexity index is 663. The summed E-state index contributed by atoms with van der Waals surface area (Å²) in [6.45, 7) is 3.58. The maximum absolute atomic E-state index is 12.2. The number of hydrogen-bond acceptors (Lipinski definition) is 5. The first-order valence-electron chi connectivity index (χ1n) is 7.80. The first-order valence-corrected chi connectivity index (χ1v) is 7.80. The molecule has 2 heterocycles. The number of anilines is 1. The third-order valence-corrected chi connectivity index (χ3v) is 3.93. The fourth-order valence-electron chi connectivity index (χ4n) is 2.71. The molecule has 1 amide bonds. The van der Waals surface area contributed by atoms with Crippen LogP contribution >= 0.6 is 0 Å². The topological polar surface area (TPSA) is 67.4 Å². The van der Waals surface area contributed by atoms with E-state index in [2.05, 4.69) is 27.3 Å². The number of likely N-dealkylation sites (tertiary alicyclic amines) is 1. The highest BCUT2D eigenvalue weighted by Gasteiger charge is 2.22. The van der Waals surface area contributed by atoms with Gasteiger partial charge in [0, 0.05) is 30.1 Å². The van der Waals surface area contributed by atoms with E-state index in [-0.39, 0.29) is 5.91 Å². The van der Waals surface area contributed by atoms with E-state index >= 15 is 0 Å². The highest BCUT2D eigenvalue weighted by atomic mass is 16.5. The van der Waals surface area contributed by atoms with Gasteiger partial charge >= 0.3 is 0 Å². The van der Waals surface area contributed by atoms with Gasteiger partial charge in [0.2, 0.25) is 11.8 Å². The number of hydrogen-bond donors (Lipinski definition) is 1. The van der Waals surface area contributed by atoms with Gasteiger partial charge in [-0.05, 0) is 44.5 Å². The van der Waals surface area contributed by atoms with Gasteiger partial charge in [-0.2, -0.15) is 5.10 Å². The van der Waals surface area contributed by atoms with Crippen LogP contribution in [0.3, 0.4) is 0 Å². The number of carbonyl (C=O) groups is 1. The predicted octanol–water partition coefficient (Wildman–Crippen LogP) is 2.69. The van der Waals surface area contributed by atoms with Gasteiger partial charge in [0.1, 0.15) is 5.75 Å². The summed E-state index contributed by atoms with van der Waals surface area (Å²) in [7, 11) is 0. The van der Waals surface area contributed by atoms with E-state index in [9.17, 15) is 4.79 Å². The van der Waals surface area contributed by atoms with Crippen LogP contribution in [0, 0.1) is 0 Å². The second-order valence-corrected chi connectivity index (χ2v) is 5.70. The molecule has 0 radical (unpaired) electrons. The number of carbonyl (C=O) groups excluding carboxylic acids is 1. The smallest absolute Gasteiger partial charge is 0.238 e. The van der Waals surface area contributed by atoms with Crippen molar-refractivity contribution in [1.29, 1.82) is 0 Å². The van der Waals surface area contributed by atoms with Crippen molar-refractivity contribution in [3.63, 3.8) is 0 Å². The summed E-state index contributed by atoms with van der Waals surface area (Å²) >= 11 is 0. The monoisotopic (exact) mass is 312 g/mol. The maximum atomic E-state index is 12.2. The summed E-state index contributed by atoms with van der Waals surface area (Å²) in [5.74, 6) is 1.02. The van der Waals surface area contributed by atoms with Gasteiger partial charge in [-0.1, -0.05) is 6.07 Å². The van der Waals surface area contributed by atoms with Crippen molar-refractivity contribution in [2.24, 2.45) is 0 Å². The van der Waals surface area contributed by atoms with Crippen molar-refractivity contribution in [3.05, 3.63) is 42.6 Å². The van der Waals surface area contributed by atoms with E-state index in [1.165, 1.54) is 0 Å². The van der Waals surface area contributed by atoms with Gasteiger partial charge in [-0.3, -0.25) is 9.69 Å². The summed E-state index contributed by atoms with van der Waals surface area (Å²) < 4.78 is 5.62. The minimum absolute atomic E-state index is 0.00426. The number of nitrogens with zero attached hydrogens (tertiary/aromatic N) is 3. The van der Waals surface area contributed by atoms with Crippen molar-refractivity contribution in [2.45, 2.75) is 25.8 Å². The fourth-order valence-corrected chi connectivity index (χ4v) is 2.71. The van der Waals surface area contributed by atoms with E-state index in [0.717, 1.165) is 19.4 Å². The molecule has 23 heavy (non-hydrogen) atoms. The zero-order chi connectivity index (χ0) is 16.1. The van der Waals surface area contributed by atoms with Crippen LogP contribution in [0.15, 0.2) is 42.6 Å². The molecular formula is C17H20N4O2. The number of amides is 1. The fraction of sp³-hybridized carbons (Fsp3) is 0.353. The Balaban J connectivity index is 1.60. The lowest BCUT2D eigenvalue weighted by molar-refractivity contribution is -0.117. The number of rotatable bonds is 5. The molecule has 0 bridgehead atoms. The predicted molar refractivity (Wildman–Crippen MR) is 87.4 cm³/mol. The molecule has 2 aromatic rings. The average Bonchev–Trinajstić information content (AvgIpc) is 2.93. The van der Waals surface area contributed by atoms with Gasteiger partial charge in [0.15, 0.2) is 0 Å². The lowest BCUT2D eigenvalue weighted by Crippen LogP contribution is -2.35. The van der Waals surface area contributed by atoms with Crippen LogP contribution in [0.4, 0.5) is 5.69 Å². The van der Waals surface area contributed by atoms with Crippen molar-refractivity contribution in [2.75, 3.05) is 18.4 Å². The first-order chi connectivity index (χ1) is 11.2. The van der Waals surface area contributed by atoms with Crippen LogP contribution < -0.4 is 10.1 Å². The zero-order valence-corrected chi connectivity index (χ0v) is 13.1. The van der Waals surface area contributed by atoms with Crippen molar-refractivity contribution < 1.29 is 9.53 Å². The van der Waals surface area contributed by atoms with Crippen LogP contribution in [-0.2, 0) is 4.79 Å². The van der Waals surface area contributed by atoms with E-state index in [4.69, 9.17) is 4.74 Å². The standard InChI is InChI=1S/C17H20N4O2/c1-13-5-4-10-21(13)12-16(22)19-14-6-2-7-15(11-14)23-17-8-3-9-18-20-17/h2-3,6-9,11,13H,4-5,10,12H2,1H3,(H,19,22). The van der Waals surface area contributed by atoms with Crippen LogP contribution in [-0.4, -0.2) is 40.1 Å². The molecule has 1 aromatic heterocycles. The Morgan fingerprint density at radius 3 is 3.04 bits per heavy atom. The highest BCUT2D eigenvalue weighted by molar-refractivity contribution is 5.92. The molecule has 0 saturated carbocycles. The normalized spacial score (nSPS) is 17.9. The maximum Gasteiger partial charge on any atom is 0.238 e. The molecule has 120 valence electrons. The summed E-state index contributed by atoms with van der Waals surface area (Å²) in [6.07, 6.45) is 3.91. The van der Waals surface area contributed by atoms with Crippen LogP contribution in [0.25, 0.3) is 0 Å². The molecule has 1 aromatic carbocycles. The molecule has 0 spiro atoms. The first kappa shape index (κ1) is 15.4. The third-order valence-electron chi connectivity index (χ3n) is 3.93. The summed E-state index contributed by atoms with van der Waals surface area (Å²) in [5, 5.41) is 10.6. The number of ether oxygens (including phenoxy) is 1. The van der Waals surface area contributed by atoms with E-state index in [0.29, 0.717) is 29.9 Å². The molecule has 1 N–H and O–H groups in total. The summed E-state index contributed by atoms with van der Waals surface area (Å²) in [4.78, 5) is 14.4. The van der Waals surface area contributed by atoms with Crippen molar-refractivity contribution >= 4 is 11.6 Å². The van der Waals surface area contributed by atoms with Crippen molar-refractivity contribution in [3.8, 4) is 11.6 Å². The zero-order valence-electron chi connectivity index (χ0n) is 13.1. The summed E-state index contributed by atoms with van der Waals surface area (Å²) in [5.41, 5.74) is 0.711. The largest absolute Gasteiger partial charge is 0.437 e. The average molecular weight is 312 g/mol. The molecule has 1 aliphatic rings. The molecule has 6 nitrogen and oxygen atoms in total. The molecule has 1 aliphatic heterocycles. The summed E-state index contributed by atoms with van der Waals surface area (Å²) in [6, 6.07) is 11.2. The molecule has 1 fully saturated rings. The minimum atomic E-state index is -0.00426. The molecule has 1 atom stereocenters. The Labute approximate surface area is 135 Å². The van der Waals surface area contributed by atoms with Crippen LogP contribution in [0.1, 0.15) is 19.8 Å². The molecular weight excluding hydrogens is 292 g/mol. The van der Waals surface area contributed by atoms with Gasteiger partial charge in [0.05, 0.1) is 6.54 Å². The molecule has 1 unspecified atom stereocenters. The Kier molecular flexibility index (Phi) is 4.83. The van der Waals surface area contributed by atoms with E-state index < -0.39 is 0 Å². The SMILES string of the molecule is CC1CCCN1CC(=O)Nc1cccc(Oc2cccnn2)c1. The Morgan fingerprint density at radius 1 is 1.39 bits per heavy atom. The third kappa shape index (κ3) is 4.26. The number of aromatic nitrogens is 2. The molecule has 1 saturated heterocycles. The molecule has 3 rings (SSSR count). The quantitative estimate of drug-likeness (QED) is 0.919. The lowest BCUT2D eigenvalue weighted by Gasteiger charge is -2.20. The van der Waals surface area contributed by atoms with Crippen LogP contribution in [0.5, 0.6) is 11.6 Å². The molecule has 0 aliphatic carbocycles. The van der Waals surface area contributed by atoms with Gasteiger partial charge in [-0.25, -0.2) is 0 Å². The van der Waals surface area contributed by atoms with Crippen molar-refractivity contribution in [1.82, 2.24) is 15.1 Å². The lowest BCUT2D eigenvalue weighted by atomic mass is 10.2. The minimum Gasteiger partial charge on any atom is -0.437 e. The van der Waals surface area contributed by atoms with Crippen LogP contribution in [0.2, 0.25) is 0 Å². The highest BCUT2D eigenvalue weighted by Crippen LogP contribution is 2.22. The van der Waals surface area contributed by atoms with E-state index in [1.807, 2.05) is 18.2 Å². The number of benzene rings is 1. The Morgan fingerprint density at radius 2 is 2.30 bits per heavy atom.